The summed E-state index contributed by atoms with van der Waals surface area (Å²) in [4.78, 5) is 31.0. The number of amides is 2. The first kappa shape index (κ1) is 21.0. The van der Waals surface area contributed by atoms with Crippen molar-refractivity contribution in [3.05, 3.63) is 65.7 Å². The van der Waals surface area contributed by atoms with Crippen molar-refractivity contribution in [3.63, 3.8) is 0 Å². The van der Waals surface area contributed by atoms with Gasteiger partial charge in [0.05, 0.1) is 0 Å². The molecule has 0 radical (unpaired) electrons. The number of nitrogens with zero attached hydrogens (tertiary/aromatic N) is 2. The van der Waals surface area contributed by atoms with E-state index in [0.29, 0.717) is 13.1 Å². The van der Waals surface area contributed by atoms with Gasteiger partial charge in [-0.3, -0.25) is 14.6 Å². The van der Waals surface area contributed by atoms with E-state index in [1.165, 1.54) is 17.7 Å². The van der Waals surface area contributed by atoms with Gasteiger partial charge in [-0.2, -0.15) is 0 Å². The van der Waals surface area contributed by atoms with Crippen molar-refractivity contribution < 1.29 is 14.0 Å². The van der Waals surface area contributed by atoms with Gasteiger partial charge in [-0.15, -0.1) is 0 Å². The molecule has 0 unspecified atom stereocenters. The third-order valence-corrected chi connectivity index (χ3v) is 5.69. The molecule has 1 aromatic heterocycles. The Kier molecular flexibility index (Phi) is 7.33. The second kappa shape index (κ2) is 10.1. The number of halogens is 1. The average molecular weight is 397 g/mol. The number of aromatic nitrogens is 1. The predicted molar refractivity (Wildman–Crippen MR) is 109 cm³/mol. The van der Waals surface area contributed by atoms with Gasteiger partial charge in [0.2, 0.25) is 11.8 Å². The lowest BCUT2D eigenvalue weighted by Gasteiger charge is -2.30. The first-order valence-corrected chi connectivity index (χ1v) is 10.2. The summed E-state index contributed by atoms with van der Waals surface area (Å²) in [5.74, 6) is -0.149. The average Bonchev–Trinajstić information content (AvgIpc) is 2.77. The van der Waals surface area contributed by atoms with Crippen molar-refractivity contribution in [2.24, 2.45) is 11.8 Å². The number of carbonyl (C=O) groups is 2. The largest absolute Gasteiger partial charge is 0.352 e. The highest BCUT2D eigenvalue weighted by molar-refractivity contribution is 5.81. The molecule has 29 heavy (non-hydrogen) atoms. The second-order valence-corrected chi connectivity index (χ2v) is 7.76. The van der Waals surface area contributed by atoms with Crippen molar-refractivity contribution in [2.45, 2.75) is 38.6 Å². The van der Waals surface area contributed by atoms with Gasteiger partial charge < -0.3 is 10.2 Å². The lowest BCUT2D eigenvalue weighted by Crippen LogP contribution is -2.38. The van der Waals surface area contributed by atoms with Crippen LogP contribution in [0.5, 0.6) is 0 Å². The molecule has 1 aliphatic carbocycles. The molecule has 0 atom stereocenters. The maximum absolute atomic E-state index is 12.9. The third kappa shape index (κ3) is 6.11. The molecule has 2 amide bonds. The van der Waals surface area contributed by atoms with Crippen LogP contribution in [0.25, 0.3) is 0 Å². The fourth-order valence-electron chi connectivity index (χ4n) is 3.81. The minimum Gasteiger partial charge on any atom is -0.352 e. The molecule has 6 heteroatoms. The van der Waals surface area contributed by atoms with Crippen LogP contribution in [0.2, 0.25) is 0 Å². The van der Waals surface area contributed by atoms with Crippen molar-refractivity contribution in [1.29, 1.82) is 0 Å². The molecule has 0 aliphatic heterocycles. The molecule has 1 aromatic carbocycles. The molecule has 154 valence electrons. The third-order valence-electron chi connectivity index (χ3n) is 5.69. The molecule has 3 rings (SSSR count). The van der Waals surface area contributed by atoms with Crippen LogP contribution in [0.3, 0.4) is 0 Å². The number of benzene rings is 1. The van der Waals surface area contributed by atoms with Crippen molar-refractivity contribution >= 4 is 11.8 Å². The van der Waals surface area contributed by atoms with E-state index in [1.807, 2.05) is 19.2 Å². The summed E-state index contributed by atoms with van der Waals surface area (Å²) in [6.07, 6.45) is 7.28. The minimum absolute atomic E-state index is 0.00131. The van der Waals surface area contributed by atoms with E-state index in [9.17, 15) is 14.0 Å². The van der Waals surface area contributed by atoms with Gasteiger partial charge in [-0.05, 0) is 67.5 Å². The predicted octanol–water partition coefficient (Wildman–Crippen LogP) is 3.34. The molecule has 0 spiro atoms. The Balaban J connectivity index is 1.40. The fraction of sp³-hybridized carbons (Fsp3) is 0.435. The molecule has 1 heterocycles. The van der Waals surface area contributed by atoms with Crippen molar-refractivity contribution in [2.75, 3.05) is 13.6 Å². The van der Waals surface area contributed by atoms with Crippen LogP contribution in [0.15, 0.2) is 48.8 Å². The van der Waals surface area contributed by atoms with Crippen molar-refractivity contribution in [1.82, 2.24) is 15.2 Å². The summed E-state index contributed by atoms with van der Waals surface area (Å²) in [5, 5.41) is 2.93. The van der Waals surface area contributed by atoms with E-state index in [-0.39, 0.29) is 29.5 Å². The van der Waals surface area contributed by atoms with Crippen LogP contribution < -0.4 is 5.32 Å². The fourth-order valence-corrected chi connectivity index (χ4v) is 3.81. The number of nitrogens with one attached hydrogen (secondary N) is 1. The molecule has 1 N–H and O–H groups in total. The Hall–Kier alpha value is -2.76. The smallest absolute Gasteiger partial charge is 0.225 e. The second-order valence-electron chi connectivity index (χ2n) is 7.76. The number of carbonyl (C=O) groups excluding carboxylic acids is 2. The Morgan fingerprint density at radius 2 is 1.62 bits per heavy atom. The maximum Gasteiger partial charge on any atom is 0.225 e. The van der Waals surface area contributed by atoms with E-state index in [2.05, 4.69) is 10.3 Å². The van der Waals surface area contributed by atoms with Gasteiger partial charge in [-0.25, -0.2) is 4.39 Å². The number of likely N-dealkylation sites (N-methyl/N-ethyl adjacent to an activating group) is 1. The molecule has 5 nitrogen and oxygen atoms in total. The van der Waals surface area contributed by atoms with Crippen LogP contribution >= 0.6 is 0 Å². The number of pyridine rings is 1. The van der Waals surface area contributed by atoms with Gasteiger partial charge in [-0.1, -0.05) is 12.1 Å². The van der Waals surface area contributed by atoms with E-state index in [4.69, 9.17) is 0 Å². The molecular weight excluding hydrogens is 369 g/mol. The van der Waals surface area contributed by atoms with Crippen LogP contribution in [-0.2, 0) is 22.6 Å². The van der Waals surface area contributed by atoms with Crippen LogP contribution in [0.1, 0.15) is 36.8 Å². The van der Waals surface area contributed by atoms with Gasteiger partial charge in [0.25, 0.3) is 0 Å². The lowest BCUT2D eigenvalue weighted by atomic mass is 9.81. The summed E-state index contributed by atoms with van der Waals surface area (Å²) in [6.45, 7) is 1.08. The highest BCUT2D eigenvalue weighted by Gasteiger charge is 2.31. The number of hydrogen-bond acceptors (Lipinski definition) is 3. The van der Waals surface area contributed by atoms with Gasteiger partial charge in [0, 0.05) is 44.4 Å². The van der Waals surface area contributed by atoms with Gasteiger partial charge in [0.1, 0.15) is 5.82 Å². The van der Waals surface area contributed by atoms with Crippen LogP contribution in [-0.4, -0.2) is 35.3 Å². The van der Waals surface area contributed by atoms with Gasteiger partial charge in [0.15, 0.2) is 0 Å². The first-order valence-electron chi connectivity index (χ1n) is 10.2. The highest BCUT2D eigenvalue weighted by Crippen LogP contribution is 2.30. The Bertz CT molecular complexity index is 803. The number of rotatable bonds is 7. The van der Waals surface area contributed by atoms with Crippen LogP contribution in [0, 0.1) is 17.7 Å². The zero-order valence-corrected chi connectivity index (χ0v) is 16.8. The Labute approximate surface area is 171 Å². The standard InChI is InChI=1S/C23H28FN3O2/c1-27(15-12-17-10-13-25-14-11-17)23(29)20-6-4-19(5-7-20)22(28)26-16-18-2-8-21(24)9-3-18/h2-3,8-11,13-14,19-20H,4-7,12,15-16H2,1H3,(H,26,28). The minimum atomic E-state index is -0.284. The summed E-state index contributed by atoms with van der Waals surface area (Å²) >= 11 is 0. The van der Waals surface area contributed by atoms with E-state index >= 15 is 0 Å². The lowest BCUT2D eigenvalue weighted by molar-refractivity contribution is -0.137. The highest BCUT2D eigenvalue weighted by atomic mass is 19.1. The molecule has 0 bridgehead atoms. The number of hydrogen-bond donors (Lipinski definition) is 1. The quantitative estimate of drug-likeness (QED) is 0.779. The molecule has 1 aliphatic rings. The molecule has 1 fully saturated rings. The van der Waals surface area contributed by atoms with E-state index in [0.717, 1.165) is 37.7 Å². The zero-order chi connectivity index (χ0) is 20.6. The monoisotopic (exact) mass is 397 g/mol. The topological polar surface area (TPSA) is 62.3 Å². The maximum atomic E-state index is 12.9. The SMILES string of the molecule is CN(CCc1ccncc1)C(=O)C1CCC(C(=O)NCc2ccc(F)cc2)CC1. The van der Waals surface area contributed by atoms with Gasteiger partial charge >= 0.3 is 0 Å². The summed E-state index contributed by atoms with van der Waals surface area (Å²) in [7, 11) is 1.85. The first-order chi connectivity index (χ1) is 14.0. The summed E-state index contributed by atoms with van der Waals surface area (Å²) in [5.41, 5.74) is 2.04. The van der Waals surface area contributed by atoms with E-state index in [1.54, 1.807) is 29.4 Å². The summed E-state index contributed by atoms with van der Waals surface area (Å²) < 4.78 is 12.9. The van der Waals surface area contributed by atoms with Crippen molar-refractivity contribution in [3.8, 4) is 0 Å². The zero-order valence-electron chi connectivity index (χ0n) is 16.8. The Morgan fingerprint density at radius 1 is 1.00 bits per heavy atom. The normalized spacial score (nSPS) is 18.8. The molecule has 2 aromatic rings. The summed E-state index contributed by atoms with van der Waals surface area (Å²) in [6, 6.07) is 10.1. The van der Waals surface area contributed by atoms with Crippen LogP contribution in [0.4, 0.5) is 4.39 Å². The van der Waals surface area contributed by atoms with E-state index < -0.39 is 0 Å². The molecule has 0 saturated heterocycles. The molecular formula is C23H28FN3O2. The Morgan fingerprint density at radius 3 is 2.28 bits per heavy atom. The molecule has 1 saturated carbocycles.